The van der Waals surface area contributed by atoms with E-state index in [1.807, 2.05) is 12.1 Å². The number of anilines is 1. The standard InChI is InChI=1S/C29H31N3O2/c1-6-20-11-9-13-24-25(20)26(19(5)31-24)29(23-12-10-16-30-27(23)28(33)34-29)22-15-14-21(17-18(22)4)32(7-2)8-3/h9-17,31H,6-8H2,1-5H3. The molecular formula is C29H31N3O2. The molecule has 1 unspecified atom stereocenters. The van der Waals surface area contributed by atoms with Crippen molar-refractivity contribution in [1.82, 2.24) is 9.97 Å². The highest BCUT2D eigenvalue weighted by Gasteiger charge is 2.52. The van der Waals surface area contributed by atoms with Crippen LogP contribution in [0.3, 0.4) is 0 Å². The molecule has 174 valence electrons. The van der Waals surface area contributed by atoms with Crippen LogP contribution in [0.15, 0.2) is 54.7 Å². The van der Waals surface area contributed by atoms with E-state index in [1.165, 1.54) is 11.3 Å². The SMILES string of the molecule is CCc1cccc2[nH]c(C)c(C3(c4ccc(N(CC)CC)cc4C)OC(=O)c4ncccc43)c12. The van der Waals surface area contributed by atoms with E-state index in [1.54, 1.807) is 6.20 Å². The van der Waals surface area contributed by atoms with E-state index in [4.69, 9.17) is 4.74 Å². The smallest absolute Gasteiger partial charge is 0.358 e. The third-order valence-electron chi connectivity index (χ3n) is 7.17. The molecule has 5 rings (SSSR count). The topological polar surface area (TPSA) is 58.2 Å². The van der Waals surface area contributed by atoms with E-state index >= 15 is 0 Å². The molecule has 2 aromatic carbocycles. The first kappa shape index (κ1) is 22.2. The Morgan fingerprint density at radius 1 is 1.00 bits per heavy atom. The van der Waals surface area contributed by atoms with Crippen molar-refractivity contribution >= 4 is 22.6 Å². The van der Waals surface area contributed by atoms with Crippen molar-refractivity contribution < 1.29 is 9.53 Å². The highest BCUT2D eigenvalue weighted by atomic mass is 16.6. The molecule has 0 bridgehead atoms. The minimum atomic E-state index is -1.07. The maximum absolute atomic E-state index is 13.2. The maximum Gasteiger partial charge on any atom is 0.358 e. The number of pyridine rings is 1. The molecule has 0 spiro atoms. The molecule has 5 heteroatoms. The van der Waals surface area contributed by atoms with Crippen LogP contribution in [0.25, 0.3) is 10.9 Å². The van der Waals surface area contributed by atoms with Gasteiger partial charge in [0.1, 0.15) is 0 Å². The number of benzene rings is 2. The Kier molecular flexibility index (Phi) is 5.43. The number of aryl methyl sites for hydroxylation is 3. The minimum absolute atomic E-state index is 0.384. The van der Waals surface area contributed by atoms with Gasteiger partial charge in [-0.15, -0.1) is 0 Å². The van der Waals surface area contributed by atoms with Crippen LogP contribution in [0.5, 0.6) is 0 Å². The van der Waals surface area contributed by atoms with Crippen LogP contribution in [-0.2, 0) is 16.8 Å². The molecule has 1 aliphatic rings. The molecule has 5 nitrogen and oxygen atoms in total. The molecule has 4 aromatic rings. The number of aromatic amines is 1. The lowest BCUT2D eigenvalue weighted by molar-refractivity contribution is 0.0250. The molecule has 0 fully saturated rings. The van der Waals surface area contributed by atoms with Crippen LogP contribution in [-0.4, -0.2) is 29.0 Å². The largest absolute Gasteiger partial charge is 0.439 e. The summed E-state index contributed by atoms with van der Waals surface area (Å²) in [6.45, 7) is 12.5. The number of hydrogen-bond donors (Lipinski definition) is 1. The van der Waals surface area contributed by atoms with Crippen molar-refractivity contribution in [1.29, 1.82) is 0 Å². The predicted octanol–water partition coefficient (Wildman–Crippen LogP) is 6.05. The van der Waals surface area contributed by atoms with E-state index < -0.39 is 5.60 Å². The summed E-state index contributed by atoms with van der Waals surface area (Å²) in [6, 6.07) is 16.7. The monoisotopic (exact) mass is 453 g/mol. The lowest BCUT2D eigenvalue weighted by atomic mass is 9.77. The number of hydrogen-bond acceptors (Lipinski definition) is 4. The molecule has 34 heavy (non-hydrogen) atoms. The quantitative estimate of drug-likeness (QED) is 0.361. The van der Waals surface area contributed by atoms with Crippen LogP contribution in [0.1, 0.15) is 64.8 Å². The van der Waals surface area contributed by atoms with Gasteiger partial charge in [-0.3, -0.25) is 0 Å². The third-order valence-corrected chi connectivity index (χ3v) is 7.17. The Morgan fingerprint density at radius 3 is 2.50 bits per heavy atom. The number of cyclic esters (lactones) is 1. The molecule has 1 N–H and O–H groups in total. The Bertz CT molecular complexity index is 1400. The molecule has 3 heterocycles. The number of carbonyl (C=O) groups is 1. The molecule has 0 saturated carbocycles. The van der Waals surface area contributed by atoms with Crippen molar-refractivity contribution in [2.24, 2.45) is 0 Å². The first-order chi connectivity index (χ1) is 16.5. The Labute approximate surface area is 200 Å². The summed E-state index contributed by atoms with van der Waals surface area (Å²) in [5, 5.41) is 1.12. The first-order valence-electron chi connectivity index (χ1n) is 12.1. The molecule has 1 aliphatic heterocycles. The summed E-state index contributed by atoms with van der Waals surface area (Å²) in [5.74, 6) is -0.384. The van der Waals surface area contributed by atoms with Gasteiger partial charge < -0.3 is 14.6 Å². The molecule has 0 saturated heterocycles. The summed E-state index contributed by atoms with van der Waals surface area (Å²) >= 11 is 0. The summed E-state index contributed by atoms with van der Waals surface area (Å²) < 4.78 is 6.44. The molecule has 1 atom stereocenters. The van der Waals surface area contributed by atoms with Gasteiger partial charge in [-0.05, 0) is 69.5 Å². The number of rotatable bonds is 6. The van der Waals surface area contributed by atoms with E-state index in [2.05, 4.69) is 85.9 Å². The van der Waals surface area contributed by atoms with Crippen LogP contribution in [0.2, 0.25) is 0 Å². The van der Waals surface area contributed by atoms with E-state index in [9.17, 15) is 4.79 Å². The highest BCUT2D eigenvalue weighted by Crippen LogP contribution is 2.51. The number of fused-ring (bicyclic) bond motifs is 2. The van der Waals surface area contributed by atoms with Crippen LogP contribution >= 0.6 is 0 Å². The summed E-state index contributed by atoms with van der Waals surface area (Å²) in [4.78, 5) is 23.6. The lowest BCUT2D eigenvalue weighted by Crippen LogP contribution is -2.31. The lowest BCUT2D eigenvalue weighted by Gasteiger charge is -2.33. The average Bonchev–Trinajstić information content (AvgIpc) is 3.34. The van der Waals surface area contributed by atoms with Gasteiger partial charge in [0.05, 0.1) is 0 Å². The zero-order chi connectivity index (χ0) is 24.0. The van der Waals surface area contributed by atoms with Gasteiger partial charge in [0.2, 0.25) is 0 Å². The first-order valence-corrected chi connectivity index (χ1v) is 12.1. The molecule has 2 aromatic heterocycles. The van der Waals surface area contributed by atoms with Crippen LogP contribution < -0.4 is 4.90 Å². The van der Waals surface area contributed by atoms with Crippen molar-refractivity contribution in [2.45, 2.75) is 46.6 Å². The number of ether oxygens (including phenoxy) is 1. The van der Waals surface area contributed by atoms with Crippen molar-refractivity contribution in [3.63, 3.8) is 0 Å². The van der Waals surface area contributed by atoms with E-state index in [-0.39, 0.29) is 5.97 Å². The Balaban J connectivity index is 1.88. The van der Waals surface area contributed by atoms with Gasteiger partial charge in [-0.1, -0.05) is 31.2 Å². The summed E-state index contributed by atoms with van der Waals surface area (Å²) in [5.41, 5.74) is 7.61. The second-order valence-electron chi connectivity index (χ2n) is 8.96. The normalized spacial score (nSPS) is 17.1. The second-order valence-corrected chi connectivity index (χ2v) is 8.96. The van der Waals surface area contributed by atoms with Gasteiger partial charge in [-0.25, -0.2) is 9.78 Å². The van der Waals surface area contributed by atoms with Crippen LogP contribution in [0.4, 0.5) is 5.69 Å². The van der Waals surface area contributed by atoms with Crippen molar-refractivity contribution in [3.05, 3.63) is 93.9 Å². The number of nitrogens with one attached hydrogen (secondary N) is 1. The number of esters is 1. The fourth-order valence-electron chi connectivity index (χ4n) is 5.63. The summed E-state index contributed by atoms with van der Waals surface area (Å²) in [6.07, 6.45) is 2.54. The zero-order valence-electron chi connectivity index (χ0n) is 20.5. The molecule has 0 radical (unpaired) electrons. The zero-order valence-corrected chi connectivity index (χ0v) is 20.5. The van der Waals surface area contributed by atoms with Crippen molar-refractivity contribution in [3.8, 4) is 0 Å². The fourth-order valence-corrected chi connectivity index (χ4v) is 5.63. The minimum Gasteiger partial charge on any atom is -0.439 e. The molecule has 0 amide bonds. The van der Waals surface area contributed by atoms with E-state index in [0.29, 0.717) is 5.69 Å². The van der Waals surface area contributed by atoms with Crippen molar-refractivity contribution in [2.75, 3.05) is 18.0 Å². The number of H-pyrrole nitrogens is 1. The van der Waals surface area contributed by atoms with Gasteiger partial charge in [-0.2, -0.15) is 0 Å². The third kappa shape index (κ3) is 3.07. The Hall–Kier alpha value is -3.60. The maximum atomic E-state index is 13.2. The Morgan fingerprint density at radius 2 is 1.79 bits per heavy atom. The predicted molar refractivity (Wildman–Crippen MR) is 137 cm³/mol. The summed E-state index contributed by atoms with van der Waals surface area (Å²) in [7, 11) is 0. The highest BCUT2D eigenvalue weighted by molar-refractivity contribution is 5.98. The second kappa shape index (κ2) is 8.32. The number of aromatic nitrogens is 2. The number of nitrogens with zero attached hydrogens (tertiary/aromatic N) is 2. The van der Waals surface area contributed by atoms with Gasteiger partial charge in [0, 0.05) is 58.3 Å². The van der Waals surface area contributed by atoms with Gasteiger partial charge in [0.15, 0.2) is 11.3 Å². The van der Waals surface area contributed by atoms with Gasteiger partial charge >= 0.3 is 5.97 Å². The van der Waals surface area contributed by atoms with Gasteiger partial charge in [0.25, 0.3) is 0 Å². The molecular weight excluding hydrogens is 422 g/mol. The molecule has 0 aliphatic carbocycles. The van der Waals surface area contributed by atoms with E-state index in [0.717, 1.165) is 58.4 Å². The van der Waals surface area contributed by atoms with Crippen LogP contribution in [0, 0.1) is 13.8 Å². The average molecular weight is 454 g/mol. The fraction of sp³-hybridized carbons (Fsp3) is 0.310. The number of carbonyl (C=O) groups excluding carboxylic acids is 1.